The minimum absolute atomic E-state index is 0.210. The lowest BCUT2D eigenvalue weighted by atomic mass is 10.1. The number of hydrogen-bond acceptors (Lipinski definition) is 4. The predicted octanol–water partition coefficient (Wildman–Crippen LogP) is 4.75. The maximum atomic E-state index is 12.8. The van der Waals surface area contributed by atoms with E-state index in [2.05, 4.69) is 10.3 Å². The summed E-state index contributed by atoms with van der Waals surface area (Å²) in [6.07, 6.45) is 4.33. The Hall–Kier alpha value is -3.97. The van der Waals surface area contributed by atoms with Crippen LogP contribution in [0.4, 0.5) is 11.4 Å². The van der Waals surface area contributed by atoms with E-state index in [9.17, 15) is 13.2 Å². The molecule has 166 valence electrons. The first-order valence-corrected chi connectivity index (χ1v) is 11.8. The maximum Gasteiger partial charge on any atom is 0.264 e. The molecule has 0 aliphatic carbocycles. The Morgan fingerprint density at radius 3 is 2.06 bits per heavy atom. The molecule has 7 heteroatoms. The molecule has 0 saturated carbocycles. The van der Waals surface area contributed by atoms with Crippen molar-refractivity contribution in [3.63, 3.8) is 0 Å². The third kappa shape index (κ3) is 5.27. The zero-order chi connectivity index (χ0) is 23.3. The number of rotatable bonds is 7. The molecule has 0 spiro atoms. The zero-order valence-electron chi connectivity index (χ0n) is 18.0. The van der Waals surface area contributed by atoms with E-state index in [1.165, 1.54) is 16.9 Å². The van der Waals surface area contributed by atoms with Crippen molar-refractivity contribution in [2.75, 3.05) is 16.7 Å². The summed E-state index contributed by atoms with van der Waals surface area (Å²) in [5, 5.41) is 2.87. The number of nitrogens with zero attached hydrogens (tertiary/aromatic N) is 2. The molecule has 0 unspecified atom stereocenters. The van der Waals surface area contributed by atoms with E-state index in [0.29, 0.717) is 16.9 Å². The highest BCUT2D eigenvalue weighted by molar-refractivity contribution is 7.92. The van der Waals surface area contributed by atoms with E-state index in [0.717, 1.165) is 12.0 Å². The Kier molecular flexibility index (Phi) is 6.51. The van der Waals surface area contributed by atoms with Crippen LogP contribution in [0, 0.1) is 0 Å². The molecule has 3 aromatic carbocycles. The summed E-state index contributed by atoms with van der Waals surface area (Å²) in [6.45, 7) is 0. The maximum absolute atomic E-state index is 12.8. The summed E-state index contributed by atoms with van der Waals surface area (Å²) >= 11 is 0. The molecular formula is C26H23N3O3S. The van der Waals surface area contributed by atoms with Crippen LogP contribution in [0.25, 0.3) is 0 Å². The smallest absolute Gasteiger partial charge is 0.264 e. The van der Waals surface area contributed by atoms with Gasteiger partial charge < -0.3 is 5.32 Å². The van der Waals surface area contributed by atoms with Crippen LogP contribution in [-0.2, 0) is 16.4 Å². The first-order chi connectivity index (χ1) is 15.9. The third-order valence-corrected chi connectivity index (χ3v) is 7.06. The number of benzene rings is 3. The lowest BCUT2D eigenvalue weighted by Crippen LogP contribution is -2.26. The number of carbonyl (C=O) groups is 1. The fourth-order valence-corrected chi connectivity index (χ4v) is 4.57. The second-order valence-corrected chi connectivity index (χ2v) is 9.49. The molecule has 1 amide bonds. The average molecular weight is 458 g/mol. The average Bonchev–Trinajstić information content (AvgIpc) is 2.86. The topological polar surface area (TPSA) is 79.4 Å². The molecule has 0 atom stereocenters. The Morgan fingerprint density at radius 2 is 1.42 bits per heavy atom. The van der Waals surface area contributed by atoms with Gasteiger partial charge in [0.05, 0.1) is 10.6 Å². The molecule has 1 heterocycles. The fourth-order valence-electron chi connectivity index (χ4n) is 3.36. The second kappa shape index (κ2) is 9.67. The van der Waals surface area contributed by atoms with Crippen LogP contribution < -0.4 is 9.62 Å². The van der Waals surface area contributed by atoms with Gasteiger partial charge in [0.1, 0.15) is 0 Å². The Morgan fingerprint density at radius 1 is 0.818 bits per heavy atom. The molecule has 1 N–H and O–H groups in total. The number of anilines is 2. The number of hydrogen-bond donors (Lipinski definition) is 1. The van der Waals surface area contributed by atoms with Crippen LogP contribution in [0.5, 0.6) is 0 Å². The Bertz CT molecular complexity index is 1320. The standard InChI is InChI=1S/C26H23N3O3S/c1-29(33(31,32)25-5-3-2-4-6-25)24-13-9-22(10-14-24)26(30)28-23-11-7-20(8-12-23)19-21-15-17-27-18-16-21/h2-18H,19H2,1H3,(H,28,30). The van der Waals surface area contributed by atoms with E-state index >= 15 is 0 Å². The van der Waals surface area contributed by atoms with Gasteiger partial charge in [-0.05, 0) is 78.2 Å². The lowest BCUT2D eigenvalue weighted by molar-refractivity contribution is 0.102. The van der Waals surface area contributed by atoms with Gasteiger partial charge >= 0.3 is 0 Å². The molecule has 0 aliphatic rings. The molecule has 0 radical (unpaired) electrons. The van der Waals surface area contributed by atoms with Crippen molar-refractivity contribution in [1.82, 2.24) is 4.98 Å². The number of pyridine rings is 1. The zero-order valence-corrected chi connectivity index (χ0v) is 18.9. The fraction of sp³-hybridized carbons (Fsp3) is 0.0769. The van der Waals surface area contributed by atoms with Gasteiger partial charge in [-0.25, -0.2) is 8.42 Å². The summed E-state index contributed by atoms with van der Waals surface area (Å²) in [7, 11) is -2.18. The van der Waals surface area contributed by atoms with Crippen molar-refractivity contribution in [1.29, 1.82) is 0 Å². The minimum Gasteiger partial charge on any atom is -0.322 e. The Balaban J connectivity index is 1.41. The van der Waals surface area contributed by atoms with E-state index in [4.69, 9.17) is 0 Å². The monoisotopic (exact) mass is 457 g/mol. The molecular weight excluding hydrogens is 434 g/mol. The van der Waals surface area contributed by atoms with Crippen LogP contribution in [0.2, 0.25) is 0 Å². The van der Waals surface area contributed by atoms with Crippen molar-refractivity contribution < 1.29 is 13.2 Å². The molecule has 0 saturated heterocycles. The summed E-state index contributed by atoms with van der Waals surface area (Å²) in [4.78, 5) is 16.9. The van der Waals surface area contributed by atoms with Crippen LogP contribution in [0.1, 0.15) is 21.5 Å². The normalized spacial score (nSPS) is 11.1. The second-order valence-electron chi connectivity index (χ2n) is 7.52. The van der Waals surface area contributed by atoms with Crippen LogP contribution in [0.15, 0.2) is 108 Å². The van der Waals surface area contributed by atoms with Crippen molar-refractivity contribution in [2.45, 2.75) is 11.3 Å². The van der Waals surface area contributed by atoms with E-state index in [-0.39, 0.29) is 10.8 Å². The van der Waals surface area contributed by atoms with Gasteiger partial charge in [0.25, 0.3) is 15.9 Å². The van der Waals surface area contributed by atoms with Gasteiger partial charge in [-0.1, -0.05) is 30.3 Å². The predicted molar refractivity (Wildman–Crippen MR) is 130 cm³/mol. The molecule has 0 bridgehead atoms. The number of amides is 1. The summed E-state index contributed by atoms with van der Waals surface area (Å²) in [6, 6.07) is 26.3. The van der Waals surface area contributed by atoms with Crippen LogP contribution in [-0.4, -0.2) is 26.4 Å². The van der Waals surface area contributed by atoms with Gasteiger partial charge in [-0.3, -0.25) is 14.1 Å². The van der Waals surface area contributed by atoms with Crippen molar-refractivity contribution >= 4 is 27.3 Å². The Labute approximate surface area is 193 Å². The molecule has 6 nitrogen and oxygen atoms in total. The molecule has 4 rings (SSSR count). The van der Waals surface area contributed by atoms with Crippen LogP contribution in [0.3, 0.4) is 0 Å². The van der Waals surface area contributed by atoms with Gasteiger partial charge in [0, 0.05) is 30.7 Å². The first-order valence-electron chi connectivity index (χ1n) is 10.4. The largest absolute Gasteiger partial charge is 0.322 e. The van der Waals surface area contributed by atoms with Gasteiger partial charge in [-0.2, -0.15) is 0 Å². The van der Waals surface area contributed by atoms with Crippen molar-refractivity contribution in [2.24, 2.45) is 0 Å². The molecule has 1 aromatic heterocycles. The first kappa shape index (κ1) is 22.2. The van der Waals surface area contributed by atoms with Gasteiger partial charge in [0.2, 0.25) is 0 Å². The minimum atomic E-state index is -3.67. The summed E-state index contributed by atoms with van der Waals surface area (Å²) in [5.41, 5.74) is 3.89. The molecule has 4 aromatic rings. The summed E-state index contributed by atoms with van der Waals surface area (Å²) < 4.78 is 26.8. The van der Waals surface area contributed by atoms with Gasteiger partial charge in [0.15, 0.2) is 0 Å². The third-order valence-electron chi connectivity index (χ3n) is 5.26. The van der Waals surface area contributed by atoms with E-state index in [1.54, 1.807) is 67.0 Å². The number of aromatic nitrogens is 1. The molecule has 33 heavy (non-hydrogen) atoms. The number of sulfonamides is 1. The lowest BCUT2D eigenvalue weighted by Gasteiger charge is -2.19. The highest BCUT2D eigenvalue weighted by Gasteiger charge is 2.21. The highest BCUT2D eigenvalue weighted by Crippen LogP contribution is 2.23. The quantitative estimate of drug-likeness (QED) is 0.434. The molecule has 0 aliphatic heterocycles. The summed E-state index contributed by atoms with van der Waals surface area (Å²) in [5.74, 6) is -0.267. The number of carbonyl (C=O) groups excluding carboxylic acids is 1. The van der Waals surface area contributed by atoms with E-state index < -0.39 is 10.0 Å². The van der Waals surface area contributed by atoms with Crippen LogP contribution >= 0.6 is 0 Å². The number of nitrogens with one attached hydrogen (secondary N) is 1. The van der Waals surface area contributed by atoms with Crippen molar-refractivity contribution in [3.8, 4) is 0 Å². The highest BCUT2D eigenvalue weighted by atomic mass is 32.2. The molecule has 0 fully saturated rings. The van der Waals surface area contributed by atoms with Crippen molar-refractivity contribution in [3.05, 3.63) is 120 Å². The van der Waals surface area contributed by atoms with E-state index in [1.807, 2.05) is 36.4 Å². The SMILES string of the molecule is CN(c1ccc(C(=O)Nc2ccc(Cc3ccncc3)cc2)cc1)S(=O)(=O)c1ccccc1. The van der Waals surface area contributed by atoms with Gasteiger partial charge in [-0.15, -0.1) is 0 Å².